The molecule has 0 saturated heterocycles. The monoisotopic (exact) mass is 495 g/mol. The lowest BCUT2D eigenvalue weighted by Crippen LogP contribution is -2.39. The number of rotatable bonds is 8. The molecular formula is C25H26BrN3O3. The number of nitrogens with zero attached hydrogens (tertiary/aromatic N) is 1. The lowest BCUT2D eigenvalue weighted by molar-refractivity contribution is -0.120. The first-order chi connectivity index (χ1) is 15.4. The van der Waals surface area contributed by atoms with Crippen molar-refractivity contribution in [2.75, 3.05) is 24.8 Å². The van der Waals surface area contributed by atoms with Crippen molar-refractivity contribution in [2.24, 2.45) is 0 Å². The molecule has 0 fully saturated rings. The number of para-hydroxylation sites is 2. The Labute approximate surface area is 196 Å². The Morgan fingerprint density at radius 3 is 2.28 bits per heavy atom. The van der Waals surface area contributed by atoms with Crippen molar-refractivity contribution in [1.29, 1.82) is 0 Å². The van der Waals surface area contributed by atoms with Crippen LogP contribution in [0.25, 0.3) is 0 Å². The first kappa shape index (κ1) is 23.5. The van der Waals surface area contributed by atoms with E-state index in [1.54, 1.807) is 43.5 Å². The summed E-state index contributed by atoms with van der Waals surface area (Å²) in [5.41, 5.74) is 2.84. The molecule has 2 N–H and O–H groups in total. The summed E-state index contributed by atoms with van der Waals surface area (Å²) < 4.78 is 6.28. The van der Waals surface area contributed by atoms with E-state index in [1.807, 2.05) is 55.3 Å². The summed E-state index contributed by atoms with van der Waals surface area (Å²) in [7, 11) is 3.47. The van der Waals surface area contributed by atoms with Gasteiger partial charge in [-0.3, -0.25) is 14.5 Å². The van der Waals surface area contributed by atoms with Crippen LogP contribution < -0.4 is 15.4 Å². The maximum absolute atomic E-state index is 12.7. The molecule has 1 atom stereocenters. The summed E-state index contributed by atoms with van der Waals surface area (Å²) in [5.74, 6) is 0.219. The Kier molecular flexibility index (Phi) is 8.03. The molecule has 3 rings (SSSR count). The Morgan fingerprint density at radius 1 is 0.969 bits per heavy atom. The van der Waals surface area contributed by atoms with Crippen LogP contribution in [0.15, 0.2) is 77.3 Å². The van der Waals surface area contributed by atoms with Gasteiger partial charge in [0.1, 0.15) is 5.75 Å². The number of nitrogens with one attached hydrogen (secondary N) is 2. The third-order valence-electron chi connectivity index (χ3n) is 5.16. The van der Waals surface area contributed by atoms with Crippen molar-refractivity contribution in [3.05, 3.63) is 88.4 Å². The molecule has 0 aliphatic rings. The van der Waals surface area contributed by atoms with Crippen molar-refractivity contribution >= 4 is 39.1 Å². The van der Waals surface area contributed by atoms with Crippen molar-refractivity contribution in [2.45, 2.75) is 19.5 Å². The van der Waals surface area contributed by atoms with E-state index >= 15 is 0 Å². The number of anilines is 2. The smallest absolute Gasteiger partial charge is 0.255 e. The van der Waals surface area contributed by atoms with Crippen LogP contribution in [-0.4, -0.2) is 36.9 Å². The van der Waals surface area contributed by atoms with Gasteiger partial charge in [-0.05, 0) is 68.1 Å². The van der Waals surface area contributed by atoms with Gasteiger partial charge in [0.25, 0.3) is 5.91 Å². The van der Waals surface area contributed by atoms with E-state index in [0.717, 1.165) is 10.0 Å². The Morgan fingerprint density at radius 2 is 1.62 bits per heavy atom. The molecular weight excluding hydrogens is 470 g/mol. The number of carbonyl (C=O) groups is 2. The van der Waals surface area contributed by atoms with E-state index in [-0.39, 0.29) is 17.9 Å². The number of carbonyl (C=O) groups excluding carboxylic acids is 2. The largest absolute Gasteiger partial charge is 0.495 e. The first-order valence-corrected chi connectivity index (χ1v) is 11.0. The van der Waals surface area contributed by atoms with Gasteiger partial charge < -0.3 is 15.4 Å². The standard InChI is InChI=1S/C25H26BrN3O3/c1-17(29(2)16-18-8-12-20(26)13-9-18)24(30)27-21-14-10-19(11-15-21)25(31)28-22-6-4-5-7-23(22)32-3/h4-15,17H,16H2,1-3H3,(H,27,30)(H,28,31). The minimum atomic E-state index is -0.327. The Balaban J connectivity index is 1.57. The van der Waals surface area contributed by atoms with Crippen LogP contribution in [0, 0.1) is 0 Å². The quantitative estimate of drug-likeness (QED) is 0.452. The predicted molar refractivity (Wildman–Crippen MR) is 131 cm³/mol. The van der Waals surface area contributed by atoms with Gasteiger partial charge in [0.2, 0.25) is 5.91 Å². The summed E-state index contributed by atoms with van der Waals surface area (Å²) in [6.07, 6.45) is 0. The number of halogens is 1. The average Bonchev–Trinajstić information content (AvgIpc) is 2.80. The zero-order chi connectivity index (χ0) is 23.1. The molecule has 0 saturated carbocycles. The van der Waals surface area contributed by atoms with Crippen molar-refractivity contribution in [3.63, 3.8) is 0 Å². The van der Waals surface area contributed by atoms with E-state index in [0.29, 0.717) is 29.2 Å². The van der Waals surface area contributed by atoms with Gasteiger partial charge >= 0.3 is 0 Å². The third-order valence-corrected chi connectivity index (χ3v) is 5.68. The minimum absolute atomic E-state index is 0.115. The molecule has 0 spiro atoms. The molecule has 2 amide bonds. The summed E-state index contributed by atoms with van der Waals surface area (Å²) in [4.78, 5) is 27.2. The normalized spacial score (nSPS) is 11.7. The highest BCUT2D eigenvalue weighted by atomic mass is 79.9. The van der Waals surface area contributed by atoms with Crippen LogP contribution >= 0.6 is 15.9 Å². The molecule has 32 heavy (non-hydrogen) atoms. The maximum atomic E-state index is 12.7. The van der Waals surface area contributed by atoms with Crippen molar-refractivity contribution < 1.29 is 14.3 Å². The lowest BCUT2D eigenvalue weighted by Gasteiger charge is -2.24. The van der Waals surface area contributed by atoms with Gasteiger partial charge in [-0.2, -0.15) is 0 Å². The van der Waals surface area contributed by atoms with Gasteiger partial charge in [0.05, 0.1) is 18.8 Å². The summed E-state index contributed by atoms with van der Waals surface area (Å²) in [6.45, 7) is 2.52. The van der Waals surface area contributed by atoms with Crippen LogP contribution in [0.5, 0.6) is 5.75 Å². The van der Waals surface area contributed by atoms with Crippen LogP contribution in [-0.2, 0) is 11.3 Å². The fourth-order valence-electron chi connectivity index (χ4n) is 3.11. The third kappa shape index (κ3) is 6.18. The zero-order valence-corrected chi connectivity index (χ0v) is 19.8. The highest BCUT2D eigenvalue weighted by Crippen LogP contribution is 2.24. The molecule has 6 nitrogen and oxygen atoms in total. The van der Waals surface area contributed by atoms with Gasteiger partial charge in [-0.1, -0.05) is 40.2 Å². The number of hydrogen-bond acceptors (Lipinski definition) is 4. The Bertz CT molecular complexity index is 1070. The fraction of sp³-hybridized carbons (Fsp3) is 0.200. The van der Waals surface area contributed by atoms with Crippen molar-refractivity contribution in [1.82, 2.24) is 4.90 Å². The fourth-order valence-corrected chi connectivity index (χ4v) is 3.37. The molecule has 0 aliphatic carbocycles. The topological polar surface area (TPSA) is 70.7 Å². The molecule has 7 heteroatoms. The number of ether oxygens (including phenoxy) is 1. The Hall–Kier alpha value is -3.16. The number of amides is 2. The van der Waals surface area contributed by atoms with Crippen LogP contribution in [0.3, 0.4) is 0 Å². The summed E-state index contributed by atoms with van der Waals surface area (Å²) in [6, 6.07) is 21.7. The van der Waals surface area contributed by atoms with E-state index in [9.17, 15) is 9.59 Å². The predicted octanol–water partition coefficient (Wildman–Crippen LogP) is 5.17. The number of methoxy groups -OCH3 is 1. The van der Waals surface area contributed by atoms with Crippen LogP contribution in [0.4, 0.5) is 11.4 Å². The maximum Gasteiger partial charge on any atom is 0.255 e. The van der Waals surface area contributed by atoms with Gasteiger partial charge in [-0.15, -0.1) is 0 Å². The molecule has 0 aliphatic heterocycles. The molecule has 1 unspecified atom stereocenters. The van der Waals surface area contributed by atoms with E-state index in [1.165, 1.54) is 0 Å². The summed E-state index contributed by atoms with van der Waals surface area (Å²) in [5, 5.41) is 5.75. The van der Waals surface area contributed by atoms with Crippen molar-refractivity contribution in [3.8, 4) is 5.75 Å². The van der Waals surface area contributed by atoms with Crippen LogP contribution in [0.1, 0.15) is 22.8 Å². The minimum Gasteiger partial charge on any atom is -0.495 e. The molecule has 0 aromatic heterocycles. The molecule has 0 heterocycles. The highest BCUT2D eigenvalue weighted by Gasteiger charge is 2.18. The zero-order valence-electron chi connectivity index (χ0n) is 18.3. The SMILES string of the molecule is COc1ccccc1NC(=O)c1ccc(NC(=O)C(C)N(C)Cc2ccc(Br)cc2)cc1. The molecule has 0 bridgehead atoms. The van der Waals surface area contributed by atoms with E-state index in [4.69, 9.17) is 4.74 Å². The molecule has 3 aromatic carbocycles. The second kappa shape index (κ2) is 10.9. The molecule has 0 radical (unpaired) electrons. The van der Waals surface area contributed by atoms with E-state index < -0.39 is 0 Å². The van der Waals surface area contributed by atoms with Crippen LogP contribution in [0.2, 0.25) is 0 Å². The van der Waals surface area contributed by atoms with E-state index in [2.05, 4.69) is 26.6 Å². The van der Waals surface area contributed by atoms with Gasteiger partial charge in [-0.25, -0.2) is 0 Å². The second-order valence-corrected chi connectivity index (χ2v) is 8.35. The van der Waals surface area contributed by atoms with Gasteiger partial charge in [0.15, 0.2) is 0 Å². The number of likely N-dealkylation sites (N-methyl/N-ethyl adjacent to an activating group) is 1. The molecule has 166 valence electrons. The second-order valence-electron chi connectivity index (χ2n) is 7.44. The lowest BCUT2D eigenvalue weighted by atomic mass is 10.1. The average molecular weight is 496 g/mol. The summed E-state index contributed by atoms with van der Waals surface area (Å²) >= 11 is 3.43. The highest BCUT2D eigenvalue weighted by molar-refractivity contribution is 9.10. The number of hydrogen-bond donors (Lipinski definition) is 2. The molecule has 3 aromatic rings. The number of benzene rings is 3. The first-order valence-electron chi connectivity index (χ1n) is 10.2. The van der Waals surface area contributed by atoms with Gasteiger partial charge in [0, 0.05) is 22.3 Å².